The van der Waals surface area contributed by atoms with Crippen LogP contribution in [0.1, 0.15) is 31.9 Å². The summed E-state index contributed by atoms with van der Waals surface area (Å²) in [4.78, 5) is 7.41. The van der Waals surface area contributed by atoms with Gasteiger partial charge in [0.2, 0.25) is 0 Å². The highest BCUT2D eigenvalue weighted by Crippen LogP contribution is 2.27. The lowest BCUT2D eigenvalue weighted by molar-refractivity contribution is 0.506. The van der Waals surface area contributed by atoms with Crippen molar-refractivity contribution in [2.24, 2.45) is 5.41 Å². The van der Waals surface area contributed by atoms with Gasteiger partial charge >= 0.3 is 0 Å². The molecular weight excluding hydrogens is 270 g/mol. The molecule has 3 nitrogen and oxygen atoms in total. The molecule has 3 aromatic rings. The fourth-order valence-electron chi connectivity index (χ4n) is 2.53. The number of H-pyrrole nitrogens is 1. The van der Waals surface area contributed by atoms with Gasteiger partial charge in [-0.25, -0.2) is 4.98 Å². The Bertz CT molecular complexity index is 843. The van der Waals surface area contributed by atoms with Crippen molar-refractivity contribution < 1.29 is 0 Å². The second-order valence-corrected chi connectivity index (χ2v) is 6.57. The predicted molar refractivity (Wildman–Crippen MR) is 89.1 cm³/mol. The molecule has 22 heavy (non-hydrogen) atoms. The number of rotatable bonds is 2. The summed E-state index contributed by atoms with van der Waals surface area (Å²) in [5, 5.41) is 9.99. The van der Waals surface area contributed by atoms with E-state index < -0.39 is 0 Å². The molecule has 2 heterocycles. The standard InChI is InChI=1S/C19H18N3/c1-19(2,3)9-13-4-6-14(7-5-13)15-8-17-16(10-20)12-22-18(17)21-11-15/h4-9,11-12H,1-3H3,(H,21,22). The molecule has 0 spiro atoms. The molecule has 3 rings (SSSR count). The van der Waals surface area contributed by atoms with Crippen LogP contribution in [0.15, 0.2) is 42.7 Å². The minimum Gasteiger partial charge on any atom is -0.345 e. The Balaban J connectivity index is 1.95. The number of nitrogens with zero attached hydrogens (tertiary/aromatic N) is 2. The lowest BCUT2D eigenvalue weighted by Gasteiger charge is -2.17. The minimum absolute atomic E-state index is 0.162. The Morgan fingerprint density at radius 3 is 2.50 bits per heavy atom. The third-order valence-corrected chi connectivity index (χ3v) is 3.50. The van der Waals surface area contributed by atoms with Gasteiger partial charge in [0.05, 0.1) is 5.56 Å². The molecular formula is C19H18N3. The number of aromatic amines is 1. The summed E-state index contributed by atoms with van der Waals surface area (Å²) in [6, 6.07) is 12.6. The maximum atomic E-state index is 9.13. The predicted octanol–water partition coefficient (Wildman–Crippen LogP) is 4.70. The fraction of sp³-hybridized carbons (Fsp3) is 0.211. The Labute approximate surface area is 130 Å². The number of aromatic nitrogens is 2. The molecule has 0 aliphatic rings. The zero-order valence-electron chi connectivity index (χ0n) is 13.0. The van der Waals surface area contributed by atoms with E-state index in [4.69, 9.17) is 5.26 Å². The van der Waals surface area contributed by atoms with E-state index in [0.29, 0.717) is 5.56 Å². The summed E-state index contributed by atoms with van der Waals surface area (Å²) in [5.74, 6) is 0. The van der Waals surface area contributed by atoms with Crippen LogP contribution in [0.25, 0.3) is 22.2 Å². The lowest BCUT2D eigenvalue weighted by Crippen LogP contribution is -2.06. The maximum absolute atomic E-state index is 9.13. The number of fused-ring (bicyclic) bond motifs is 1. The Morgan fingerprint density at radius 2 is 1.86 bits per heavy atom. The summed E-state index contributed by atoms with van der Waals surface area (Å²) in [6.45, 7) is 6.57. The van der Waals surface area contributed by atoms with Crippen molar-refractivity contribution in [2.45, 2.75) is 20.8 Å². The van der Waals surface area contributed by atoms with Crippen LogP contribution in [-0.2, 0) is 0 Å². The summed E-state index contributed by atoms with van der Waals surface area (Å²) >= 11 is 0. The second kappa shape index (κ2) is 5.31. The zero-order valence-corrected chi connectivity index (χ0v) is 13.0. The monoisotopic (exact) mass is 288 g/mol. The Morgan fingerprint density at radius 1 is 1.14 bits per heavy atom. The SMILES string of the molecule is CC(C)(C)[CH]c1ccc(-c2cnc3[nH]cc(C#N)c3c2)cc1. The lowest BCUT2D eigenvalue weighted by atomic mass is 9.88. The van der Waals surface area contributed by atoms with Gasteiger partial charge in [-0.1, -0.05) is 45.0 Å². The largest absolute Gasteiger partial charge is 0.345 e. The van der Waals surface area contributed by atoms with E-state index in [1.54, 1.807) is 6.20 Å². The molecule has 0 saturated carbocycles. The molecule has 1 N–H and O–H groups in total. The molecule has 0 aliphatic carbocycles. The van der Waals surface area contributed by atoms with Gasteiger partial charge in [-0.2, -0.15) is 5.26 Å². The second-order valence-electron chi connectivity index (χ2n) is 6.57. The number of pyridine rings is 1. The molecule has 0 unspecified atom stereocenters. The van der Waals surface area contributed by atoms with Gasteiger partial charge in [0, 0.05) is 23.3 Å². The normalized spacial score (nSPS) is 11.5. The maximum Gasteiger partial charge on any atom is 0.138 e. The number of hydrogen-bond acceptors (Lipinski definition) is 2. The van der Waals surface area contributed by atoms with Crippen molar-refractivity contribution >= 4 is 11.0 Å². The van der Waals surface area contributed by atoms with Crippen molar-refractivity contribution in [3.05, 3.63) is 60.3 Å². The van der Waals surface area contributed by atoms with Crippen molar-refractivity contribution in [1.29, 1.82) is 5.26 Å². The zero-order chi connectivity index (χ0) is 15.7. The fourth-order valence-corrected chi connectivity index (χ4v) is 2.53. The number of nitrogens with one attached hydrogen (secondary N) is 1. The molecule has 1 aromatic carbocycles. The van der Waals surface area contributed by atoms with E-state index in [9.17, 15) is 0 Å². The summed E-state index contributed by atoms with van der Waals surface area (Å²) in [5.41, 5.74) is 4.87. The topological polar surface area (TPSA) is 52.5 Å². The number of benzene rings is 1. The van der Waals surface area contributed by atoms with Gasteiger partial charge in [0.1, 0.15) is 11.7 Å². The third kappa shape index (κ3) is 2.87. The molecule has 0 atom stereocenters. The minimum atomic E-state index is 0.162. The molecule has 0 aliphatic heterocycles. The molecule has 0 bridgehead atoms. The molecule has 0 saturated heterocycles. The highest BCUT2D eigenvalue weighted by Gasteiger charge is 2.12. The van der Waals surface area contributed by atoms with Gasteiger partial charge in [0.15, 0.2) is 0 Å². The van der Waals surface area contributed by atoms with Crippen LogP contribution in [0.4, 0.5) is 0 Å². The van der Waals surface area contributed by atoms with Gasteiger partial charge in [-0.15, -0.1) is 0 Å². The molecule has 109 valence electrons. The van der Waals surface area contributed by atoms with Gasteiger partial charge in [-0.3, -0.25) is 0 Å². The van der Waals surface area contributed by atoms with Crippen LogP contribution in [0.3, 0.4) is 0 Å². The molecule has 1 radical (unpaired) electrons. The smallest absolute Gasteiger partial charge is 0.138 e. The molecule has 3 heteroatoms. The van der Waals surface area contributed by atoms with Crippen LogP contribution in [0.5, 0.6) is 0 Å². The van der Waals surface area contributed by atoms with Crippen LogP contribution in [0.2, 0.25) is 0 Å². The average Bonchev–Trinajstić information content (AvgIpc) is 2.88. The van der Waals surface area contributed by atoms with E-state index in [-0.39, 0.29) is 5.41 Å². The average molecular weight is 288 g/mol. The van der Waals surface area contributed by atoms with E-state index in [0.717, 1.165) is 22.2 Å². The summed E-state index contributed by atoms with van der Waals surface area (Å²) in [6.07, 6.45) is 5.78. The number of nitriles is 1. The summed E-state index contributed by atoms with van der Waals surface area (Å²) in [7, 11) is 0. The Hall–Kier alpha value is -2.60. The van der Waals surface area contributed by atoms with Crippen molar-refractivity contribution in [1.82, 2.24) is 9.97 Å². The molecule has 2 aromatic heterocycles. The van der Waals surface area contributed by atoms with E-state index in [1.807, 2.05) is 12.3 Å². The van der Waals surface area contributed by atoms with Gasteiger partial charge in [0.25, 0.3) is 0 Å². The van der Waals surface area contributed by atoms with Gasteiger partial charge in [-0.05, 0) is 29.0 Å². The third-order valence-electron chi connectivity index (χ3n) is 3.50. The first-order valence-corrected chi connectivity index (χ1v) is 7.30. The van der Waals surface area contributed by atoms with Crippen molar-refractivity contribution in [3.63, 3.8) is 0 Å². The molecule has 0 fully saturated rings. The van der Waals surface area contributed by atoms with Crippen LogP contribution in [0, 0.1) is 23.2 Å². The van der Waals surface area contributed by atoms with Crippen LogP contribution < -0.4 is 0 Å². The van der Waals surface area contributed by atoms with Gasteiger partial charge < -0.3 is 4.98 Å². The van der Waals surface area contributed by atoms with E-state index in [2.05, 4.69) is 67.5 Å². The highest BCUT2D eigenvalue weighted by atomic mass is 14.8. The highest BCUT2D eigenvalue weighted by molar-refractivity contribution is 5.86. The Kier molecular flexibility index (Phi) is 3.46. The van der Waals surface area contributed by atoms with Crippen LogP contribution in [-0.4, -0.2) is 9.97 Å². The van der Waals surface area contributed by atoms with Crippen molar-refractivity contribution in [2.75, 3.05) is 0 Å². The first-order chi connectivity index (χ1) is 10.5. The first-order valence-electron chi connectivity index (χ1n) is 7.30. The van der Waals surface area contributed by atoms with Crippen LogP contribution >= 0.6 is 0 Å². The summed E-state index contributed by atoms with van der Waals surface area (Å²) < 4.78 is 0. The van der Waals surface area contributed by atoms with Crippen molar-refractivity contribution in [3.8, 4) is 17.2 Å². The quantitative estimate of drug-likeness (QED) is 0.743. The number of hydrogen-bond donors (Lipinski definition) is 1. The first kappa shape index (κ1) is 14.3. The van der Waals surface area contributed by atoms with E-state index in [1.165, 1.54) is 5.56 Å². The molecule has 0 amide bonds. The van der Waals surface area contributed by atoms with E-state index >= 15 is 0 Å².